The number of pyridine rings is 1. The fourth-order valence-corrected chi connectivity index (χ4v) is 1.14. The first-order valence-electron chi connectivity index (χ1n) is 4.27. The molecule has 0 saturated heterocycles. The van der Waals surface area contributed by atoms with Gasteiger partial charge in [0.1, 0.15) is 5.82 Å². The lowest BCUT2D eigenvalue weighted by atomic mass is 10.2. The van der Waals surface area contributed by atoms with Gasteiger partial charge >= 0.3 is 0 Å². The van der Waals surface area contributed by atoms with Gasteiger partial charge in [0, 0.05) is 18.0 Å². The summed E-state index contributed by atoms with van der Waals surface area (Å²) in [7, 11) is 0. The van der Waals surface area contributed by atoms with E-state index in [1.165, 1.54) is 0 Å². The maximum Gasteiger partial charge on any atom is 0.144 e. The second-order valence-electron chi connectivity index (χ2n) is 2.97. The highest BCUT2D eigenvalue weighted by molar-refractivity contribution is 5.57. The van der Waals surface area contributed by atoms with E-state index in [4.69, 9.17) is 5.73 Å². The van der Waals surface area contributed by atoms with Crippen LogP contribution >= 0.6 is 0 Å². The fourth-order valence-electron chi connectivity index (χ4n) is 1.14. The maximum atomic E-state index is 5.58. The maximum absolute atomic E-state index is 5.58. The minimum absolute atomic E-state index is 0.470. The van der Waals surface area contributed by atoms with Gasteiger partial charge in [-0.1, -0.05) is 0 Å². The zero-order valence-electron chi connectivity index (χ0n) is 7.81. The number of nitrogens with zero attached hydrogens (tertiary/aromatic N) is 3. The zero-order chi connectivity index (χ0) is 9.97. The molecule has 0 aliphatic rings. The molecule has 70 valence electrons. The Morgan fingerprint density at radius 2 is 2.14 bits per heavy atom. The molecule has 2 heterocycles. The van der Waals surface area contributed by atoms with E-state index in [-0.39, 0.29) is 0 Å². The minimum Gasteiger partial charge on any atom is -0.382 e. The second-order valence-corrected chi connectivity index (χ2v) is 2.97. The Bertz CT molecular complexity index is 439. The fraction of sp³-hybridized carbons (Fsp3) is 0.100. The monoisotopic (exact) mass is 186 g/mol. The van der Waals surface area contributed by atoms with Crippen molar-refractivity contribution in [2.75, 3.05) is 5.73 Å². The van der Waals surface area contributed by atoms with Gasteiger partial charge in [-0.2, -0.15) is 0 Å². The molecule has 2 aromatic rings. The molecule has 2 rings (SSSR count). The molecule has 2 aromatic heterocycles. The Balaban J connectivity index is 2.48. The van der Waals surface area contributed by atoms with Crippen LogP contribution in [0.15, 0.2) is 30.7 Å². The number of anilines is 1. The summed E-state index contributed by atoms with van der Waals surface area (Å²) >= 11 is 0. The normalized spacial score (nSPS) is 10.1. The summed E-state index contributed by atoms with van der Waals surface area (Å²) in [6.45, 7) is 1.84. The number of aryl methyl sites for hydroxylation is 1. The molecule has 0 aromatic carbocycles. The van der Waals surface area contributed by atoms with Crippen molar-refractivity contribution in [3.05, 3.63) is 36.4 Å². The van der Waals surface area contributed by atoms with Crippen LogP contribution in [0.25, 0.3) is 11.3 Å². The Morgan fingerprint density at radius 3 is 2.79 bits per heavy atom. The van der Waals surface area contributed by atoms with Crippen molar-refractivity contribution >= 4 is 5.82 Å². The lowest BCUT2D eigenvalue weighted by molar-refractivity contribution is 1.13. The predicted octanol–water partition coefficient (Wildman–Crippen LogP) is 1.43. The molecule has 0 amide bonds. The van der Waals surface area contributed by atoms with Crippen LogP contribution in [0.2, 0.25) is 0 Å². The number of rotatable bonds is 1. The van der Waals surface area contributed by atoms with E-state index in [0.717, 1.165) is 17.0 Å². The Labute approximate surface area is 81.9 Å². The molecule has 0 fully saturated rings. The van der Waals surface area contributed by atoms with Gasteiger partial charge in [0.2, 0.25) is 0 Å². The number of aromatic nitrogens is 3. The quantitative estimate of drug-likeness (QED) is 0.731. The highest BCUT2D eigenvalue weighted by atomic mass is 14.9. The van der Waals surface area contributed by atoms with Gasteiger partial charge in [-0.15, -0.1) is 0 Å². The largest absolute Gasteiger partial charge is 0.382 e. The molecule has 0 atom stereocenters. The van der Waals surface area contributed by atoms with Gasteiger partial charge in [-0.3, -0.25) is 4.98 Å². The van der Waals surface area contributed by atoms with E-state index >= 15 is 0 Å². The topological polar surface area (TPSA) is 64.7 Å². The molecular formula is C10H10N4. The first kappa shape index (κ1) is 8.62. The van der Waals surface area contributed by atoms with E-state index < -0.39 is 0 Å². The molecule has 0 saturated carbocycles. The average molecular weight is 186 g/mol. The summed E-state index contributed by atoms with van der Waals surface area (Å²) in [5, 5.41) is 0. The molecule has 0 unspecified atom stereocenters. The molecule has 0 spiro atoms. The molecule has 4 nitrogen and oxygen atoms in total. The number of nitrogen functional groups attached to an aromatic ring is 1. The average Bonchev–Trinajstić information content (AvgIpc) is 2.23. The molecule has 0 aliphatic heterocycles. The van der Waals surface area contributed by atoms with Crippen LogP contribution in [-0.4, -0.2) is 15.0 Å². The third-order valence-electron chi connectivity index (χ3n) is 1.94. The number of nitrogens with two attached hydrogens (primary N) is 1. The van der Waals surface area contributed by atoms with Crippen LogP contribution in [0.5, 0.6) is 0 Å². The smallest absolute Gasteiger partial charge is 0.144 e. The Morgan fingerprint density at radius 1 is 1.29 bits per heavy atom. The molecule has 0 bridgehead atoms. The van der Waals surface area contributed by atoms with Crippen molar-refractivity contribution in [2.24, 2.45) is 0 Å². The van der Waals surface area contributed by atoms with Gasteiger partial charge in [0.05, 0.1) is 17.6 Å². The zero-order valence-corrected chi connectivity index (χ0v) is 7.81. The minimum atomic E-state index is 0.470. The first-order valence-corrected chi connectivity index (χ1v) is 4.27. The van der Waals surface area contributed by atoms with Gasteiger partial charge < -0.3 is 5.73 Å². The van der Waals surface area contributed by atoms with Crippen molar-refractivity contribution in [3.63, 3.8) is 0 Å². The van der Waals surface area contributed by atoms with Crippen molar-refractivity contribution < 1.29 is 0 Å². The molecule has 2 N–H and O–H groups in total. The van der Waals surface area contributed by atoms with Crippen LogP contribution in [0, 0.1) is 6.92 Å². The Kier molecular flexibility index (Phi) is 2.10. The van der Waals surface area contributed by atoms with E-state index in [0.29, 0.717) is 5.82 Å². The van der Waals surface area contributed by atoms with E-state index in [2.05, 4.69) is 15.0 Å². The van der Waals surface area contributed by atoms with Crippen molar-refractivity contribution in [3.8, 4) is 11.3 Å². The number of hydrogen-bond donors (Lipinski definition) is 1. The summed E-state index contributed by atoms with van der Waals surface area (Å²) in [5.74, 6) is 0.470. The predicted molar refractivity (Wildman–Crippen MR) is 54.4 cm³/mol. The molecule has 0 radical (unpaired) electrons. The number of hydrogen-bond acceptors (Lipinski definition) is 4. The van der Waals surface area contributed by atoms with Crippen LogP contribution in [-0.2, 0) is 0 Å². The summed E-state index contributed by atoms with van der Waals surface area (Å²) in [5.41, 5.74) is 8.06. The highest BCUT2D eigenvalue weighted by Gasteiger charge is 2.01. The SMILES string of the molecule is Cc1nc(-c2cccnc2)cnc1N. The summed E-state index contributed by atoms with van der Waals surface area (Å²) < 4.78 is 0. The van der Waals surface area contributed by atoms with Gasteiger partial charge in [-0.05, 0) is 19.1 Å². The van der Waals surface area contributed by atoms with Crippen molar-refractivity contribution in [1.29, 1.82) is 0 Å². The standard InChI is InChI=1S/C10H10N4/c1-7-10(11)13-6-9(14-7)8-3-2-4-12-5-8/h2-6H,1H3,(H2,11,13). The van der Waals surface area contributed by atoms with Crippen LogP contribution < -0.4 is 5.73 Å². The summed E-state index contributed by atoms with van der Waals surface area (Å²) in [4.78, 5) is 12.4. The second kappa shape index (κ2) is 3.41. The summed E-state index contributed by atoms with van der Waals surface area (Å²) in [6, 6.07) is 3.80. The van der Waals surface area contributed by atoms with Gasteiger partial charge in [-0.25, -0.2) is 9.97 Å². The molecule has 0 aliphatic carbocycles. The van der Waals surface area contributed by atoms with Crippen LogP contribution in [0.3, 0.4) is 0 Å². The van der Waals surface area contributed by atoms with Gasteiger partial charge in [0.25, 0.3) is 0 Å². The van der Waals surface area contributed by atoms with Crippen LogP contribution in [0.4, 0.5) is 5.82 Å². The van der Waals surface area contributed by atoms with E-state index in [1.54, 1.807) is 18.6 Å². The first-order chi connectivity index (χ1) is 6.77. The summed E-state index contributed by atoms with van der Waals surface area (Å²) in [6.07, 6.45) is 5.13. The highest BCUT2D eigenvalue weighted by Crippen LogP contribution is 2.15. The third-order valence-corrected chi connectivity index (χ3v) is 1.94. The van der Waals surface area contributed by atoms with E-state index in [1.807, 2.05) is 19.1 Å². The third kappa shape index (κ3) is 1.54. The lowest BCUT2D eigenvalue weighted by Crippen LogP contribution is -1.98. The van der Waals surface area contributed by atoms with E-state index in [9.17, 15) is 0 Å². The van der Waals surface area contributed by atoms with Crippen molar-refractivity contribution in [2.45, 2.75) is 6.92 Å². The lowest BCUT2D eigenvalue weighted by Gasteiger charge is -2.02. The molecular weight excluding hydrogens is 176 g/mol. The van der Waals surface area contributed by atoms with Gasteiger partial charge in [0.15, 0.2) is 0 Å². The molecule has 4 heteroatoms. The Hall–Kier alpha value is -1.97. The van der Waals surface area contributed by atoms with Crippen molar-refractivity contribution in [1.82, 2.24) is 15.0 Å². The van der Waals surface area contributed by atoms with Crippen LogP contribution in [0.1, 0.15) is 5.69 Å². The molecule has 14 heavy (non-hydrogen) atoms.